The molecule has 12 atom stereocenters. The van der Waals surface area contributed by atoms with Crippen molar-refractivity contribution in [1.82, 2.24) is 0 Å². The first kappa shape index (κ1) is 35.4. The van der Waals surface area contributed by atoms with E-state index in [2.05, 4.69) is 79.9 Å². The molecule has 0 aromatic heterocycles. The lowest BCUT2D eigenvalue weighted by Crippen LogP contribution is -2.64. The SMILES string of the molecule is C=C[C@@H]1O[C@@H]2CO[C@@H](c3ccc(OC)cc3)O[C@H]2/C=C\C[C@H]1O[C@H]1C[C@H]2O[C@H]3CC=CCO[C@@H]3[C@@H](OCc3ccc4ccccc4c3)[C@@H]2O[C@@H]1C=C. The zero-order valence-electron chi connectivity index (χ0n) is 29.6. The largest absolute Gasteiger partial charge is 0.497 e. The molecule has 0 amide bonds. The second-order valence-corrected chi connectivity index (χ2v) is 14.0. The smallest absolute Gasteiger partial charge is 0.184 e. The molecule has 5 aliphatic rings. The summed E-state index contributed by atoms with van der Waals surface area (Å²) in [6.07, 6.45) is 10.00. The maximum absolute atomic E-state index is 6.88. The standard InChI is InChI=1S/C43H48O9/c1-4-32-34(14-10-15-35-39(48-32)26-47-43(52-35)29-18-20-31(44-3)21-19-29)49-37-24-38-41(51-33(37)5-2)42(40-36(50-38)13-8-9-22-45-40)46-25-27-16-17-28-11-6-7-12-30(28)23-27/h4-12,15-21,23,32-43H,1-2,13-14,22,24-26H2,3H3/b15-10-/t32-,33+,34+,35-,36-,37-,38+,39+,40-,41+,42+,43+/m0/s1. The molecule has 0 unspecified atom stereocenters. The van der Waals surface area contributed by atoms with Crippen LogP contribution in [0, 0.1) is 0 Å². The van der Waals surface area contributed by atoms with Gasteiger partial charge < -0.3 is 42.6 Å². The Morgan fingerprint density at radius 2 is 1.58 bits per heavy atom. The fourth-order valence-corrected chi connectivity index (χ4v) is 7.99. The van der Waals surface area contributed by atoms with Crippen molar-refractivity contribution < 1.29 is 42.6 Å². The number of fused-ring (bicyclic) bond motifs is 4. The summed E-state index contributed by atoms with van der Waals surface area (Å²) in [6, 6.07) is 22.5. The van der Waals surface area contributed by atoms with Gasteiger partial charge in [-0.1, -0.05) is 85.0 Å². The Bertz CT molecular complexity index is 1740. The van der Waals surface area contributed by atoms with Crippen LogP contribution in [-0.2, 0) is 44.5 Å². The van der Waals surface area contributed by atoms with Crippen molar-refractivity contribution in [2.24, 2.45) is 0 Å². The van der Waals surface area contributed by atoms with Gasteiger partial charge in [-0.25, -0.2) is 0 Å². The summed E-state index contributed by atoms with van der Waals surface area (Å²) < 4.78 is 57.9. The first-order valence-corrected chi connectivity index (χ1v) is 18.4. The molecular formula is C43H48O9. The molecule has 3 aromatic carbocycles. The number of benzene rings is 3. The minimum atomic E-state index is -0.500. The van der Waals surface area contributed by atoms with Gasteiger partial charge in [-0.2, -0.15) is 0 Å². The van der Waals surface area contributed by atoms with Crippen LogP contribution in [0.15, 0.2) is 116 Å². The Labute approximate surface area is 305 Å². The number of hydrogen-bond donors (Lipinski definition) is 0. The third-order valence-corrected chi connectivity index (χ3v) is 10.7. The van der Waals surface area contributed by atoms with Gasteiger partial charge in [0.15, 0.2) is 6.29 Å². The summed E-state index contributed by atoms with van der Waals surface area (Å²) in [6.45, 7) is 9.56. The highest BCUT2D eigenvalue weighted by Crippen LogP contribution is 2.39. The molecule has 0 saturated carbocycles. The van der Waals surface area contributed by atoms with E-state index in [9.17, 15) is 0 Å². The van der Waals surface area contributed by atoms with Crippen molar-refractivity contribution in [1.29, 1.82) is 0 Å². The maximum Gasteiger partial charge on any atom is 0.184 e. The van der Waals surface area contributed by atoms with Crippen LogP contribution in [0.2, 0.25) is 0 Å². The molecule has 3 saturated heterocycles. The number of methoxy groups -OCH3 is 1. The average molecular weight is 709 g/mol. The summed E-state index contributed by atoms with van der Waals surface area (Å²) in [5, 5.41) is 2.39. The van der Waals surface area contributed by atoms with E-state index in [-0.39, 0.29) is 54.9 Å². The van der Waals surface area contributed by atoms with E-state index >= 15 is 0 Å². The summed E-state index contributed by atoms with van der Waals surface area (Å²) in [4.78, 5) is 0. The lowest BCUT2D eigenvalue weighted by Gasteiger charge is -2.51. The highest BCUT2D eigenvalue weighted by atomic mass is 16.7. The minimum Gasteiger partial charge on any atom is -0.497 e. The molecule has 5 aliphatic heterocycles. The van der Waals surface area contributed by atoms with Crippen molar-refractivity contribution in [2.75, 3.05) is 20.3 Å². The van der Waals surface area contributed by atoms with Gasteiger partial charge in [0.1, 0.15) is 48.5 Å². The van der Waals surface area contributed by atoms with Gasteiger partial charge >= 0.3 is 0 Å². The van der Waals surface area contributed by atoms with Gasteiger partial charge in [-0.05, 0) is 47.4 Å². The molecule has 3 aromatic rings. The van der Waals surface area contributed by atoms with E-state index in [0.29, 0.717) is 32.7 Å². The zero-order valence-corrected chi connectivity index (χ0v) is 29.6. The molecule has 0 spiro atoms. The zero-order chi connectivity index (χ0) is 35.4. The van der Waals surface area contributed by atoms with Crippen molar-refractivity contribution in [3.8, 4) is 5.75 Å². The van der Waals surface area contributed by atoms with Crippen molar-refractivity contribution in [2.45, 2.75) is 99.3 Å². The van der Waals surface area contributed by atoms with Crippen LogP contribution >= 0.6 is 0 Å². The van der Waals surface area contributed by atoms with Gasteiger partial charge in [0.05, 0.1) is 51.3 Å². The first-order valence-electron chi connectivity index (χ1n) is 18.4. The highest BCUT2D eigenvalue weighted by Gasteiger charge is 2.53. The van der Waals surface area contributed by atoms with Gasteiger partial charge in [0, 0.05) is 12.0 Å². The van der Waals surface area contributed by atoms with E-state index in [1.54, 1.807) is 13.2 Å². The van der Waals surface area contributed by atoms with Crippen LogP contribution in [-0.4, -0.2) is 87.5 Å². The molecular weight excluding hydrogens is 660 g/mol. The lowest BCUT2D eigenvalue weighted by molar-refractivity contribution is -0.299. The minimum absolute atomic E-state index is 0.162. The predicted molar refractivity (Wildman–Crippen MR) is 196 cm³/mol. The Balaban J connectivity index is 0.959. The summed E-state index contributed by atoms with van der Waals surface area (Å²) in [7, 11) is 1.65. The van der Waals surface area contributed by atoms with Crippen LogP contribution in [0.5, 0.6) is 5.75 Å². The number of rotatable bonds is 9. The molecule has 8 rings (SSSR count). The Morgan fingerprint density at radius 3 is 2.40 bits per heavy atom. The molecule has 9 nitrogen and oxygen atoms in total. The Kier molecular flexibility index (Phi) is 11.0. The number of ether oxygens (including phenoxy) is 9. The molecule has 0 N–H and O–H groups in total. The Morgan fingerprint density at radius 1 is 0.750 bits per heavy atom. The van der Waals surface area contributed by atoms with Gasteiger partial charge in [0.25, 0.3) is 0 Å². The summed E-state index contributed by atoms with van der Waals surface area (Å²) in [5.41, 5.74) is 2.02. The van der Waals surface area contributed by atoms with E-state index in [0.717, 1.165) is 23.3 Å². The Hall–Kier alpha value is -3.64. The van der Waals surface area contributed by atoms with Crippen LogP contribution < -0.4 is 4.74 Å². The highest BCUT2D eigenvalue weighted by molar-refractivity contribution is 5.82. The number of hydrogen-bond acceptors (Lipinski definition) is 9. The molecule has 274 valence electrons. The molecule has 0 aliphatic carbocycles. The second kappa shape index (κ2) is 16.2. The van der Waals surface area contributed by atoms with Crippen LogP contribution in [0.25, 0.3) is 10.8 Å². The first-order chi connectivity index (χ1) is 25.6. The topological polar surface area (TPSA) is 83.1 Å². The van der Waals surface area contributed by atoms with E-state index in [4.69, 9.17) is 42.6 Å². The second-order valence-electron chi connectivity index (χ2n) is 14.0. The van der Waals surface area contributed by atoms with Gasteiger partial charge in [-0.3, -0.25) is 0 Å². The predicted octanol–water partition coefficient (Wildman–Crippen LogP) is 6.96. The van der Waals surface area contributed by atoms with Crippen LogP contribution in [0.4, 0.5) is 0 Å². The summed E-state index contributed by atoms with van der Waals surface area (Å²) in [5.74, 6) is 0.782. The van der Waals surface area contributed by atoms with Crippen molar-refractivity contribution >= 4 is 10.8 Å². The summed E-state index contributed by atoms with van der Waals surface area (Å²) >= 11 is 0. The quantitative estimate of drug-likeness (QED) is 0.219. The fourth-order valence-electron chi connectivity index (χ4n) is 7.99. The van der Waals surface area contributed by atoms with E-state index in [1.165, 1.54) is 10.8 Å². The van der Waals surface area contributed by atoms with Crippen molar-refractivity contribution in [3.63, 3.8) is 0 Å². The fraction of sp³-hybridized carbons (Fsp3) is 0.442. The van der Waals surface area contributed by atoms with Crippen LogP contribution in [0.1, 0.15) is 36.7 Å². The third kappa shape index (κ3) is 7.56. The lowest BCUT2D eigenvalue weighted by atomic mass is 9.86. The van der Waals surface area contributed by atoms with Gasteiger partial charge in [0.2, 0.25) is 0 Å². The third-order valence-electron chi connectivity index (χ3n) is 10.7. The molecule has 0 bridgehead atoms. The van der Waals surface area contributed by atoms with E-state index in [1.807, 2.05) is 30.3 Å². The molecule has 3 fully saturated rings. The normalized spacial score (nSPS) is 36.6. The molecule has 9 heteroatoms. The monoisotopic (exact) mass is 708 g/mol. The van der Waals surface area contributed by atoms with E-state index < -0.39 is 18.5 Å². The maximum atomic E-state index is 6.88. The van der Waals surface area contributed by atoms with Crippen LogP contribution in [0.3, 0.4) is 0 Å². The van der Waals surface area contributed by atoms with Crippen molar-refractivity contribution in [3.05, 3.63) is 127 Å². The average Bonchev–Trinajstić information content (AvgIpc) is 3.43. The molecule has 52 heavy (non-hydrogen) atoms. The van der Waals surface area contributed by atoms with Gasteiger partial charge in [-0.15, -0.1) is 13.2 Å². The molecule has 0 radical (unpaired) electrons. The molecule has 5 heterocycles.